The zero-order valence-electron chi connectivity index (χ0n) is 9.58. The summed E-state index contributed by atoms with van der Waals surface area (Å²) in [6, 6.07) is 0. The molecule has 0 radical (unpaired) electrons. The van der Waals surface area contributed by atoms with E-state index in [1.54, 1.807) is 18.4 Å². The van der Waals surface area contributed by atoms with Crippen molar-refractivity contribution in [2.45, 2.75) is 44.0 Å². The Hall–Kier alpha value is -0.0000000000000000555. The van der Waals surface area contributed by atoms with E-state index in [0.29, 0.717) is 4.83 Å². The van der Waals surface area contributed by atoms with E-state index in [1.807, 2.05) is 0 Å². The summed E-state index contributed by atoms with van der Waals surface area (Å²) in [5, 5.41) is 10.4. The lowest BCUT2D eigenvalue weighted by molar-refractivity contribution is 0.0230. The SMILES string of the molecule is CCC(Br)c1nnc(CC(C)(C)OC)s1. The Bertz CT molecular complexity index is 314. The number of halogens is 1. The number of hydrogen-bond donors (Lipinski definition) is 0. The molecule has 0 aliphatic rings. The minimum Gasteiger partial charge on any atom is -0.378 e. The van der Waals surface area contributed by atoms with Gasteiger partial charge in [-0.05, 0) is 20.3 Å². The van der Waals surface area contributed by atoms with Crippen LogP contribution in [0.5, 0.6) is 0 Å². The molecule has 0 amide bonds. The van der Waals surface area contributed by atoms with Gasteiger partial charge in [0.1, 0.15) is 10.0 Å². The maximum Gasteiger partial charge on any atom is 0.131 e. The Morgan fingerprint density at radius 3 is 2.67 bits per heavy atom. The van der Waals surface area contributed by atoms with Crippen LogP contribution in [0.3, 0.4) is 0 Å². The summed E-state index contributed by atoms with van der Waals surface area (Å²) in [6.07, 6.45) is 1.84. The van der Waals surface area contributed by atoms with Crippen molar-refractivity contribution in [3.8, 4) is 0 Å². The second-order valence-corrected chi connectivity index (χ2v) is 6.25. The first kappa shape index (κ1) is 13.1. The average Bonchev–Trinajstić information content (AvgIpc) is 2.64. The van der Waals surface area contributed by atoms with E-state index in [2.05, 4.69) is 46.9 Å². The van der Waals surface area contributed by atoms with E-state index in [-0.39, 0.29) is 5.60 Å². The highest BCUT2D eigenvalue weighted by Crippen LogP contribution is 2.29. The standard InChI is InChI=1S/C10H17BrN2OS/c1-5-7(11)9-13-12-8(15-9)6-10(2,3)14-4/h7H,5-6H2,1-4H3. The lowest BCUT2D eigenvalue weighted by atomic mass is 10.1. The highest BCUT2D eigenvalue weighted by molar-refractivity contribution is 9.09. The van der Waals surface area contributed by atoms with Crippen LogP contribution in [0, 0.1) is 0 Å². The molecular weight excluding hydrogens is 276 g/mol. The van der Waals surface area contributed by atoms with Crippen molar-refractivity contribution in [2.75, 3.05) is 7.11 Å². The minimum absolute atomic E-state index is 0.162. The van der Waals surface area contributed by atoms with Crippen molar-refractivity contribution in [1.82, 2.24) is 10.2 Å². The van der Waals surface area contributed by atoms with E-state index in [4.69, 9.17) is 4.74 Å². The number of hydrogen-bond acceptors (Lipinski definition) is 4. The third kappa shape index (κ3) is 3.81. The van der Waals surface area contributed by atoms with Gasteiger partial charge >= 0.3 is 0 Å². The monoisotopic (exact) mass is 292 g/mol. The molecule has 0 aliphatic heterocycles. The summed E-state index contributed by atoms with van der Waals surface area (Å²) in [7, 11) is 1.72. The summed E-state index contributed by atoms with van der Waals surface area (Å²) in [5.74, 6) is 0. The molecule has 1 atom stereocenters. The van der Waals surface area contributed by atoms with Crippen LogP contribution in [0.25, 0.3) is 0 Å². The molecule has 1 heterocycles. The fourth-order valence-corrected chi connectivity index (χ4v) is 2.57. The topological polar surface area (TPSA) is 35.0 Å². The zero-order valence-corrected chi connectivity index (χ0v) is 12.0. The number of rotatable bonds is 5. The molecule has 0 saturated carbocycles. The second kappa shape index (κ2) is 5.37. The van der Waals surface area contributed by atoms with Gasteiger partial charge in [0.05, 0.1) is 10.4 Å². The van der Waals surface area contributed by atoms with Crippen molar-refractivity contribution in [3.63, 3.8) is 0 Å². The van der Waals surface area contributed by atoms with Gasteiger partial charge in [0.25, 0.3) is 0 Å². The molecule has 1 unspecified atom stereocenters. The van der Waals surface area contributed by atoms with E-state index in [9.17, 15) is 0 Å². The Morgan fingerprint density at radius 1 is 1.47 bits per heavy atom. The summed E-state index contributed by atoms with van der Waals surface area (Å²) in [4.78, 5) is 0.328. The van der Waals surface area contributed by atoms with Gasteiger partial charge in [0.15, 0.2) is 0 Å². The summed E-state index contributed by atoms with van der Waals surface area (Å²) >= 11 is 5.23. The van der Waals surface area contributed by atoms with Crippen molar-refractivity contribution < 1.29 is 4.74 Å². The van der Waals surface area contributed by atoms with Crippen LogP contribution in [0.15, 0.2) is 0 Å². The molecule has 1 aromatic rings. The Kier molecular flexibility index (Phi) is 4.67. The Balaban J connectivity index is 2.68. The van der Waals surface area contributed by atoms with Gasteiger partial charge in [-0.3, -0.25) is 0 Å². The van der Waals surface area contributed by atoms with E-state index >= 15 is 0 Å². The minimum atomic E-state index is -0.162. The van der Waals surface area contributed by atoms with Crippen molar-refractivity contribution in [3.05, 3.63) is 10.0 Å². The lowest BCUT2D eigenvalue weighted by Gasteiger charge is -2.20. The van der Waals surface area contributed by atoms with Crippen LogP contribution in [0.4, 0.5) is 0 Å². The Morgan fingerprint density at radius 2 is 2.13 bits per heavy atom. The molecule has 0 fully saturated rings. The third-order valence-electron chi connectivity index (χ3n) is 2.24. The van der Waals surface area contributed by atoms with Crippen molar-refractivity contribution in [2.24, 2.45) is 0 Å². The van der Waals surface area contributed by atoms with Crippen molar-refractivity contribution in [1.29, 1.82) is 0 Å². The van der Waals surface area contributed by atoms with Gasteiger partial charge in [0.2, 0.25) is 0 Å². The molecule has 15 heavy (non-hydrogen) atoms. The van der Waals surface area contributed by atoms with Crippen LogP contribution in [-0.4, -0.2) is 22.9 Å². The second-order valence-electron chi connectivity index (χ2n) is 4.05. The molecule has 0 aliphatic carbocycles. The van der Waals surface area contributed by atoms with Gasteiger partial charge in [-0.15, -0.1) is 21.5 Å². The van der Waals surface area contributed by atoms with Gasteiger partial charge in [-0.25, -0.2) is 0 Å². The maximum atomic E-state index is 5.36. The van der Waals surface area contributed by atoms with Gasteiger partial charge < -0.3 is 4.74 Å². The summed E-state index contributed by atoms with van der Waals surface area (Å²) in [6.45, 7) is 6.23. The van der Waals surface area contributed by atoms with E-state index in [0.717, 1.165) is 22.9 Å². The number of aromatic nitrogens is 2. The lowest BCUT2D eigenvalue weighted by Crippen LogP contribution is -2.25. The summed E-state index contributed by atoms with van der Waals surface area (Å²) in [5.41, 5.74) is -0.162. The van der Waals surface area contributed by atoms with Crippen molar-refractivity contribution >= 4 is 27.3 Å². The number of methoxy groups -OCH3 is 1. The normalized spacial score (nSPS) is 14.2. The van der Waals surface area contributed by atoms with Crippen LogP contribution in [0.2, 0.25) is 0 Å². The fraction of sp³-hybridized carbons (Fsp3) is 0.800. The predicted molar refractivity (Wildman–Crippen MR) is 66.7 cm³/mol. The Labute approximate surface area is 103 Å². The first-order valence-corrected chi connectivity index (χ1v) is 6.73. The first-order valence-electron chi connectivity index (χ1n) is 5.00. The number of alkyl halides is 1. The van der Waals surface area contributed by atoms with Crippen LogP contribution in [-0.2, 0) is 11.2 Å². The van der Waals surface area contributed by atoms with E-state index in [1.165, 1.54) is 0 Å². The maximum absolute atomic E-state index is 5.36. The number of nitrogens with zero attached hydrogens (tertiary/aromatic N) is 2. The van der Waals surface area contributed by atoms with Crippen LogP contribution in [0.1, 0.15) is 42.0 Å². The molecular formula is C10H17BrN2OS. The molecule has 1 aromatic heterocycles. The highest BCUT2D eigenvalue weighted by Gasteiger charge is 2.21. The molecule has 0 aromatic carbocycles. The third-order valence-corrected chi connectivity index (χ3v) is 4.66. The molecule has 5 heteroatoms. The van der Waals surface area contributed by atoms with Crippen LogP contribution >= 0.6 is 27.3 Å². The number of ether oxygens (including phenoxy) is 1. The van der Waals surface area contributed by atoms with Gasteiger partial charge in [-0.1, -0.05) is 22.9 Å². The average molecular weight is 293 g/mol. The summed E-state index contributed by atoms with van der Waals surface area (Å²) < 4.78 is 5.36. The molecule has 0 N–H and O–H groups in total. The predicted octanol–water partition coefficient (Wildman–Crippen LogP) is 3.35. The molecule has 0 saturated heterocycles. The van der Waals surface area contributed by atoms with E-state index < -0.39 is 0 Å². The zero-order chi connectivity index (χ0) is 11.5. The first-order chi connectivity index (χ1) is 6.98. The highest BCUT2D eigenvalue weighted by atomic mass is 79.9. The van der Waals surface area contributed by atoms with Gasteiger partial charge in [0, 0.05) is 13.5 Å². The van der Waals surface area contributed by atoms with Crippen LogP contribution < -0.4 is 0 Å². The molecule has 3 nitrogen and oxygen atoms in total. The molecule has 86 valence electrons. The molecule has 0 bridgehead atoms. The largest absolute Gasteiger partial charge is 0.378 e. The quantitative estimate of drug-likeness (QED) is 0.781. The molecule has 1 rings (SSSR count). The molecule has 0 spiro atoms. The van der Waals surface area contributed by atoms with Gasteiger partial charge in [-0.2, -0.15) is 0 Å². The smallest absolute Gasteiger partial charge is 0.131 e. The fourth-order valence-electron chi connectivity index (χ4n) is 1.08.